The molecule has 0 aromatic carbocycles. The van der Waals surface area contributed by atoms with Crippen LogP contribution in [0.2, 0.25) is 0 Å². The summed E-state index contributed by atoms with van der Waals surface area (Å²) < 4.78 is 0. The Morgan fingerprint density at radius 1 is 1.77 bits per heavy atom. The van der Waals surface area contributed by atoms with Gasteiger partial charge in [-0.15, -0.1) is 17.8 Å². The quantitative estimate of drug-likeness (QED) is 0.737. The lowest BCUT2D eigenvalue weighted by Crippen LogP contribution is -2.29. The van der Waals surface area contributed by atoms with Gasteiger partial charge in [0.15, 0.2) is 0 Å². The van der Waals surface area contributed by atoms with Gasteiger partial charge in [0.25, 0.3) is 0 Å². The van der Waals surface area contributed by atoms with E-state index in [0.29, 0.717) is 0 Å². The standard InChI is InChI=1S/C10H14N2S/c1-4-9(11-5-2)6-10-12-8(3)7-13-10/h1,7,9,11H,5-6H2,2-3H3. The number of nitrogens with one attached hydrogen (secondary N) is 1. The van der Waals surface area contributed by atoms with E-state index in [4.69, 9.17) is 6.42 Å². The van der Waals surface area contributed by atoms with Crippen molar-refractivity contribution in [2.45, 2.75) is 26.3 Å². The van der Waals surface area contributed by atoms with Crippen LogP contribution in [-0.4, -0.2) is 17.6 Å². The second-order valence-electron chi connectivity index (χ2n) is 2.86. The number of likely N-dealkylation sites (N-methyl/N-ethyl adjacent to an activating group) is 1. The lowest BCUT2D eigenvalue weighted by molar-refractivity contribution is 0.626. The van der Waals surface area contributed by atoms with Crippen LogP contribution in [0.3, 0.4) is 0 Å². The van der Waals surface area contributed by atoms with E-state index in [1.165, 1.54) is 0 Å². The number of thiazole rings is 1. The Balaban J connectivity index is 2.52. The predicted octanol–water partition coefficient (Wildman–Crippen LogP) is 1.61. The summed E-state index contributed by atoms with van der Waals surface area (Å²) in [7, 11) is 0. The fourth-order valence-corrected chi connectivity index (χ4v) is 1.93. The summed E-state index contributed by atoms with van der Waals surface area (Å²) in [4.78, 5) is 4.36. The van der Waals surface area contributed by atoms with Crippen molar-refractivity contribution in [1.82, 2.24) is 10.3 Å². The highest BCUT2D eigenvalue weighted by Gasteiger charge is 2.06. The zero-order valence-corrected chi connectivity index (χ0v) is 8.82. The van der Waals surface area contributed by atoms with E-state index >= 15 is 0 Å². The average molecular weight is 194 g/mol. The van der Waals surface area contributed by atoms with Gasteiger partial charge in [0, 0.05) is 17.5 Å². The normalized spacial score (nSPS) is 12.4. The Kier molecular flexibility index (Phi) is 3.94. The molecule has 2 nitrogen and oxygen atoms in total. The third-order valence-corrected chi connectivity index (χ3v) is 2.69. The Morgan fingerprint density at radius 2 is 2.54 bits per heavy atom. The summed E-state index contributed by atoms with van der Waals surface area (Å²) >= 11 is 1.67. The Morgan fingerprint density at radius 3 is 3.00 bits per heavy atom. The predicted molar refractivity (Wildman–Crippen MR) is 56.9 cm³/mol. The Bertz CT molecular complexity index is 298. The van der Waals surface area contributed by atoms with E-state index in [9.17, 15) is 0 Å². The molecule has 0 aliphatic heterocycles. The van der Waals surface area contributed by atoms with Crippen LogP contribution in [0, 0.1) is 19.3 Å². The summed E-state index contributed by atoms with van der Waals surface area (Å²) in [6.07, 6.45) is 6.21. The van der Waals surface area contributed by atoms with Crippen molar-refractivity contribution in [3.63, 3.8) is 0 Å². The van der Waals surface area contributed by atoms with Crippen LogP contribution in [0.25, 0.3) is 0 Å². The minimum absolute atomic E-state index is 0.121. The molecule has 0 bridgehead atoms. The zero-order chi connectivity index (χ0) is 9.68. The third-order valence-electron chi connectivity index (χ3n) is 1.70. The molecule has 1 unspecified atom stereocenters. The maximum Gasteiger partial charge on any atom is 0.0953 e. The van der Waals surface area contributed by atoms with Gasteiger partial charge >= 0.3 is 0 Å². The summed E-state index contributed by atoms with van der Waals surface area (Å²) in [5.41, 5.74) is 1.08. The van der Waals surface area contributed by atoms with Crippen LogP contribution in [0.1, 0.15) is 17.6 Å². The van der Waals surface area contributed by atoms with Gasteiger partial charge in [-0.25, -0.2) is 4.98 Å². The SMILES string of the molecule is C#CC(Cc1nc(C)cs1)NCC. The molecule has 1 aromatic heterocycles. The summed E-state index contributed by atoms with van der Waals surface area (Å²) in [5.74, 6) is 2.72. The van der Waals surface area contributed by atoms with Crippen LogP contribution >= 0.6 is 11.3 Å². The Hall–Kier alpha value is -0.850. The molecule has 1 heterocycles. The van der Waals surface area contributed by atoms with E-state index < -0.39 is 0 Å². The molecule has 1 N–H and O–H groups in total. The number of aromatic nitrogens is 1. The fraction of sp³-hybridized carbons (Fsp3) is 0.500. The summed E-state index contributed by atoms with van der Waals surface area (Å²) in [6, 6.07) is 0.121. The fourth-order valence-electron chi connectivity index (χ4n) is 1.11. The van der Waals surface area contributed by atoms with Crippen LogP contribution in [0.4, 0.5) is 0 Å². The van der Waals surface area contributed by atoms with Crippen molar-refractivity contribution in [2.75, 3.05) is 6.54 Å². The van der Waals surface area contributed by atoms with Crippen molar-refractivity contribution < 1.29 is 0 Å². The number of hydrogen-bond acceptors (Lipinski definition) is 3. The van der Waals surface area contributed by atoms with E-state index in [0.717, 1.165) is 23.7 Å². The molecule has 0 saturated heterocycles. The maximum absolute atomic E-state index is 5.38. The molecule has 0 spiro atoms. The number of hydrogen-bond donors (Lipinski definition) is 1. The van der Waals surface area contributed by atoms with Gasteiger partial charge < -0.3 is 5.32 Å². The van der Waals surface area contributed by atoms with Crippen molar-refractivity contribution in [2.24, 2.45) is 0 Å². The zero-order valence-electron chi connectivity index (χ0n) is 8.00. The first-order valence-electron chi connectivity index (χ1n) is 4.36. The minimum Gasteiger partial charge on any atom is -0.304 e. The molecular weight excluding hydrogens is 180 g/mol. The molecule has 13 heavy (non-hydrogen) atoms. The van der Waals surface area contributed by atoms with Crippen molar-refractivity contribution in [1.29, 1.82) is 0 Å². The van der Waals surface area contributed by atoms with Crippen LogP contribution < -0.4 is 5.32 Å². The third kappa shape index (κ3) is 3.17. The molecule has 1 rings (SSSR count). The van der Waals surface area contributed by atoms with Gasteiger partial charge in [-0.1, -0.05) is 12.8 Å². The molecule has 3 heteroatoms. The second kappa shape index (κ2) is 5.00. The molecular formula is C10H14N2S. The lowest BCUT2D eigenvalue weighted by Gasteiger charge is -2.08. The van der Waals surface area contributed by atoms with Crippen molar-refractivity contribution in [3.05, 3.63) is 16.1 Å². The monoisotopic (exact) mass is 194 g/mol. The van der Waals surface area contributed by atoms with Gasteiger partial charge in [0.2, 0.25) is 0 Å². The average Bonchev–Trinajstić information content (AvgIpc) is 2.50. The topological polar surface area (TPSA) is 24.9 Å². The van der Waals surface area contributed by atoms with Crippen LogP contribution in [0.5, 0.6) is 0 Å². The number of rotatable bonds is 4. The molecule has 1 aromatic rings. The number of aryl methyl sites for hydroxylation is 1. The van der Waals surface area contributed by atoms with E-state index in [-0.39, 0.29) is 6.04 Å². The van der Waals surface area contributed by atoms with E-state index in [1.807, 2.05) is 6.92 Å². The van der Waals surface area contributed by atoms with Crippen LogP contribution in [0.15, 0.2) is 5.38 Å². The molecule has 0 radical (unpaired) electrons. The summed E-state index contributed by atoms with van der Waals surface area (Å²) in [6.45, 7) is 4.95. The molecule has 0 aliphatic carbocycles. The first-order valence-corrected chi connectivity index (χ1v) is 5.24. The number of terminal acetylenes is 1. The molecule has 70 valence electrons. The van der Waals surface area contributed by atoms with Gasteiger partial charge in [0.05, 0.1) is 11.0 Å². The highest BCUT2D eigenvalue weighted by molar-refractivity contribution is 7.09. The molecule has 1 atom stereocenters. The molecule has 0 amide bonds. The van der Waals surface area contributed by atoms with Crippen LogP contribution in [-0.2, 0) is 6.42 Å². The van der Waals surface area contributed by atoms with Gasteiger partial charge in [-0.3, -0.25) is 0 Å². The van der Waals surface area contributed by atoms with Crippen molar-refractivity contribution >= 4 is 11.3 Å². The highest BCUT2D eigenvalue weighted by atomic mass is 32.1. The van der Waals surface area contributed by atoms with Crippen molar-refractivity contribution in [3.8, 4) is 12.3 Å². The van der Waals surface area contributed by atoms with Gasteiger partial charge in [-0.05, 0) is 13.5 Å². The van der Waals surface area contributed by atoms with Gasteiger partial charge in [-0.2, -0.15) is 0 Å². The second-order valence-corrected chi connectivity index (χ2v) is 3.81. The largest absolute Gasteiger partial charge is 0.304 e. The first-order chi connectivity index (χ1) is 6.26. The molecule has 0 saturated carbocycles. The molecule has 0 fully saturated rings. The van der Waals surface area contributed by atoms with E-state index in [1.54, 1.807) is 11.3 Å². The van der Waals surface area contributed by atoms with E-state index in [2.05, 4.69) is 28.5 Å². The first kappa shape index (κ1) is 10.2. The smallest absolute Gasteiger partial charge is 0.0953 e. The van der Waals surface area contributed by atoms with Gasteiger partial charge in [0.1, 0.15) is 0 Å². The minimum atomic E-state index is 0.121. The highest BCUT2D eigenvalue weighted by Crippen LogP contribution is 2.10. The summed E-state index contributed by atoms with van der Waals surface area (Å²) in [5, 5.41) is 6.38. The number of nitrogens with zero attached hydrogens (tertiary/aromatic N) is 1. The lowest BCUT2D eigenvalue weighted by atomic mass is 10.2. The Labute approximate surface area is 83.4 Å². The molecule has 0 aliphatic rings. The maximum atomic E-state index is 5.38.